The molecule has 0 saturated carbocycles. The molecule has 16 heavy (non-hydrogen) atoms. The standard InChI is InChI=1S/C9H13N3O3S/c1-3-14-6(2)15-12-7(4-13)8-5-16-9(10)11-8/h4-6H,3H2,1-2H3,(H2,10,11)/b12-7+. The Morgan fingerprint density at radius 2 is 2.56 bits per heavy atom. The maximum absolute atomic E-state index is 10.8. The van der Waals surface area contributed by atoms with Gasteiger partial charge in [-0.1, -0.05) is 5.16 Å². The molecule has 0 saturated heterocycles. The molecule has 0 aliphatic carbocycles. The van der Waals surface area contributed by atoms with E-state index in [1.807, 2.05) is 6.92 Å². The topological polar surface area (TPSA) is 86.8 Å². The van der Waals surface area contributed by atoms with Crippen molar-refractivity contribution in [3.63, 3.8) is 0 Å². The zero-order valence-corrected chi connectivity index (χ0v) is 9.86. The van der Waals surface area contributed by atoms with Crippen LogP contribution in [0.5, 0.6) is 0 Å². The molecule has 1 aromatic heterocycles. The summed E-state index contributed by atoms with van der Waals surface area (Å²) in [5, 5.41) is 5.67. The van der Waals surface area contributed by atoms with Crippen LogP contribution in [0.1, 0.15) is 19.5 Å². The predicted molar refractivity (Wildman–Crippen MR) is 61.3 cm³/mol. The molecule has 2 N–H and O–H groups in total. The normalized spacial score (nSPS) is 13.5. The maximum Gasteiger partial charge on any atom is 0.223 e. The Kier molecular flexibility index (Phi) is 4.87. The molecule has 0 aliphatic rings. The SMILES string of the molecule is CCOC(C)O/N=C(\C=O)c1csc(N)n1. The molecule has 1 atom stereocenters. The molecular weight excluding hydrogens is 230 g/mol. The van der Waals surface area contributed by atoms with Gasteiger partial charge in [-0.25, -0.2) is 4.98 Å². The van der Waals surface area contributed by atoms with Gasteiger partial charge in [-0.2, -0.15) is 0 Å². The average Bonchev–Trinajstić information content (AvgIpc) is 2.66. The third kappa shape index (κ3) is 3.59. The zero-order valence-electron chi connectivity index (χ0n) is 9.04. The highest BCUT2D eigenvalue weighted by molar-refractivity contribution is 7.13. The van der Waals surface area contributed by atoms with Gasteiger partial charge in [0.1, 0.15) is 5.69 Å². The summed E-state index contributed by atoms with van der Waals surface area (Å²) in [6.45, 7) is 4.03. The Morgan fingerprint density at radius 1 is 1.81 bits per heavy atom. The van der Waals surface area contributed by atoms with Gasteiger partial charge in [0, 0.05) is 18.9 Å². The number of carbonyl (C=O) groups is 1. The Balaban J connectivity index is 2.67. The summed E-state index contributed by atoms with van der Waals surface area (Å²) in [6.07, 6.45) is 0.0589. The lowest BCUT2D eigenvalue weighted by molar-refractivity contribution is -0.126. The minimum atomic E-state index is -0.504. The number of hydrogen-bond donors (Lipinski definition) is 1. The number of thiazole rings is 1. The molecule has 88 valence electrons. The summed E-state index contributed by atoms with van der Waals surface area (Å²) < 4.78 is 5.09. The van der Waals surface area contributed by atoms with E-state index in [2.05, 4.69) is 10.1 Å². The molecule has 0 aliphatic heterocycles. The van der Waals surface area contributed by atoms with Crippen molar-refractivity contribution in [2.45, 2.75) is 20.1 Å². The minimum absolute atomic E-state index is 0.0968. The van der Waals surface area contributed by atoms with Crippen LogP contribution in [-0.4, -0.2) is 29.9 Å². The molecule has 7 heteroatoms. The summed E-state index contributed by atoms with van der Waals surface area (Å²) in [4.78, 5) is 19.6. The van der Waals surface area contributed by atoms with Crippen LogP contribution < -0.4 is 5.73 Å². The van der Waals surface area contributed by atoms with Crippen LogP contribution >= 0.6 is 11.3 Å². The number of nitrogens with two attached hydrogens (primary N) is 1. The average molecular weight is 243 g/mol. The molecule has 0 radical (unpaired) electrons. The largest absolute Gasteiger partial charge is 0.375 e. The van der Waals surface area contributed by atoms with E-state index < -0.39 is 6.29 Å². The number of aromatic nitrogens is 1. The van der Waals surface area contributed by atoms with Crippen molar-refractivity contribution in [1.82, 2.24) is 4.98 Å². The van der Waals surface area contributed by atoms with Gasteiger partial charge in [-0.15, -0.1) is 11.3 Å². The monoisotopic (exact) mass is 243 g/mol. The quantitative estimate of drug-likeness (QED) is 0.349. The number of carbonyl (C=O) groups excluding carboxylic acids is 1. The Labute approximate surface area is 97.1 Å². The molecule has 1 heterocycles. The number of anilines is 1. The fourth-order valence-electron chi connectivity index (χ4n) is 0.930. The lowest BCUT2D eigenvalue weighted by Gasteiger charge is -2.08. The van der Waals surface area contributed by atoms with Crippen LogP contribution in [0.2, 0.25) is 0 Å². The molecular formula is C9H13N3O3S. The van der Waals surface area contributed by atoms with Gasteiger partial charge in [-0.05, 0) is 6.92 Å². The third-order valence-corrected chi connectivity index (χ3v) is 2.27. The van der Waals surface area contributed by atoms with Gasteiger partial charge < -0.3 is 15.3 Å². The van der Waals surface area contributed by atoms with Crippen molar-refractivity contribution in [2.24, 2.45) is 5.16 Å². The van der Waals surface area contributed by atoms with E-state index in [-0.39, 0.29) is 5.71 Å². The van der Waals surface area contributed by atoms with Crippen LogP contribution in [-0.2, 0) is 14.4 Å². The lowest BCUT2D eigenvalue weighted by Crippen LogP contribution is -2.12. The van der Waals surface area contributed by atoms with Crippen molar-refractivity contribution < 1.29 is 14.4 Å². The lowest BCUT2D eigenvalue weighted by atomic mass is 10.3. The van der Waals surface area contributed by atoms with Crippen LogP contribution in [0, 0.1) is 0 Å². The van der Waals surface area contributed by atoms with Crippen LogP contribution in [0.25, 0.3) is 0 Å². The van der Waals surface area contributed by atoms with Crippen LogP contribution in [0.3, 0.4) is 0 Å². The Bertz CT molecular complexity index is 378. The summed E-state index contributed by atoms with van der Waals surface area (Å²) >= 11 is 1.23. The smallest absolute Gasteiger partial charge is 0.223 e. The molecule has 0 bridgehead atoms. The van der Waals surface area contributed by atoms with Crippen LogP contribution in [0.15, 0.2) is 10.5 Å². The summed E-state index contributed by atoms with van der Waals surface area (Å²) in [6, 6.07) is 0. The first-order chi connectivity index (χ1) is 7.67. The van der Waals surface area contributed by atoms with Gasteiger partial charge in [0.05, 0.1) is 0 Å². The second-order valence-corrected chi connectivity index (χ2v) is 3.68. The van der Waals surface area contributed by atoms with Crippen molar-refractivity contribution in [3.05, 3.63) is 11.1 Å². The minimum Gasteiger partial charge on any atom is -0.375 e. The van der Waals surface area contributed by atoms with E-state index >= 15 is 0 Å². The fraction of sp³-hybridized carbons (Fsp3) is 0.444. The van der Waals surface area contributed by atoms with Crippen molar-refractivity contribution >= 4 is 28.5 Å². The van der Waals surface area contributed by atoms with E-state index in [4.69, 9.17) is 15.3 Å². The highest BCUT2D eigenvalue weighted by Crippen LogP contribution is 2.11. The van der Waals surface area contributed by atoms with Gasteiger partial charge >= 0.3 is 0 Å². The first-order valence-electron chi connectivity index (χ1n) is 4.69. The van der Waals surface area contributed by atoms with E-state index in [9.17, 15) is 4.79 Å². The van der Waals surface area contributed by atoms with Crippen molar-refractivity contribution in [1.29, 1.82) is 0 Å². The van der Waals surface area contributed by atoms with Crippen molar-refractivity contribution in [3.8, 4) is 0 Å². The van der Waals surface area contributed by atoms with Gasteiger partial charge in [0.2, 0.25) is 6.29 Å². The van der Waals surface area contributed by atoms with E-state index in [0.29, 0.717) is 23.7 Å². The highest BCUT2D eigenvalue weighted by Gasteiger charge is 2.08. The highest BCUT2D eigenvalue weighted by atomic mass is 32.1. The number of oxime groups is 1. The number of hydrogen-bond acceptors (Lipinski definition) is 7. The number of aldehydes is 1. The summed E-state index contributed by atoms with van der Waals surface area (Å²) in [7, 11) is 0. The number of nitrogens with zero attached hydrogens (tertiary/aromatic N) is 2. The Morgan fingerprint density at radius 3 is 3.06 bits per heavy atom. The molecule has 0 fully saturated rings. The van der Waals surface area contributed by atoms with Gasteiger partial charge in [-0.3, -0.25) is 4.79 Å². The molecule has 1 rings (SSSR count). The van der Waals surface area contributed by atoms with Crippen LogP contribution in [0.4, 0.5) is 5.13 Å². The molecule has 1 unspecified atom stereocenters. The predicted octanol–water partition coefficient (Wildman–Crippen LogP) is 1.03. The van der Waals surface area contributed by atoms with E-state index in [1.165, 1.54) is 11.3 Å². The van der Waals surface area contributed by atoms with Gasteiger partial charge in [0.15, 0.2) is 17.1 Å². The number of ether oxygens (including phenoxy) is 1. The molecule has 0 spiro atoms. The molecule has 6 nitrogen and oxygen atoms in total. The third-order valence-electron chi connectivity index (χ3n) is 1.60. The maximum atomic E-state index is 10.8. The second kappa shape index (κ2) is 6.19. The number of nitrogen functional groups attached to an aromatic ring is 1. The van der Waals surface area contributed by atoms with Crippen molar-refractivity contribution in [2.75, 3.05) is 12.3 Å². The summed E-state index contributed by atoms with van der Waals surface area (Å²) in [5.41, 5.74) is 5.95. The van der Waals surface area contributed by atoms with E-state index in [1.54, 1.807) is 12.3 Å². The first-order valence-corrected chi connectivity index (χ1v) is 5.57. The fourth-order valence-corrected chi connectivity index (χ4v) is 1.49. The van der Waals surface area contributed by atoms with Gasteiger partial charge in [0.25, 0.3) is 0 Å². The Hall–Kier alpha value is -1.47. The number of rotatable bonds is 6. The molecule has 0 amide bonds. The zero-order chi connectivity index (χ0) is 12.0. The first kappa shape index (κ1) is 12.6. The van der Waals surface area contributed by atoms with E-state index in [0.717, 1.165) is 0 Å². The second-order valence-electron chi connectivity index (χ2n) is 2.79. The molecule has 1 aromatic rings. The molecule has 0 aromatic carbocycles. The summed E-state index contributed by atoms with van der Waals surface area (Å²) in [5.74, 6) is 0.